The predicted molar refractivity (Wildman–Crippen MR) is 103 cm³/mol. The summed E-state index contributed by atoms with van der Waals surface area (Å²) in [7, 11) is 0. The van der Waals surface area contributed by atoms with Crippen molar-refractivity contribution >= 4 is 50.8 Å². The molecule has 1 heterocycles. The van der Waals surface area contributed by atoms with Crippen molar-refractivity contribution in [3.05, 3.63) is 54.1 Å². The molecule has 0 spiro atoms. The molecule has 0 saturated heterocycles. The highest BCUT2D eigenvalue weighted by molar-refractivity contribution is 8.00. The van der Waals surface area contributed by atoms with Crippen LogP contribution in [0, 0.1) is 0 Å². The molecule has 0 unspecified atom stereocenters. The third kappa shape index (κ3) is 4.80. The lowest BCUT2D eigenvalue weighted by molar-refractivity contribution is -0.123. The normalized spacial score (nSPS) is 10.6. The van der Waals surface area contributed by atoms with Gasteiger partial charge in [-0.05, 0) is 30.0 Å². The molecule has 1 aromatic heterocycles. The van der Waals surface area contributed by atoms with E-state index in [0.717, 1.165) is 20.1 Å². The lowest BCUT2D eigenvalue weighted by atomic mass is 10.1. The summed E-state index contributed by atoms with van der Waals surface area (Å²) in [5.74, 6) is -0.431. The molecule has 0 atom stereocenters. The quantitative estimate of drug-likeness (QED) is 0.652. The number of anilines is 1. The number of aromatic nitrogens is 1. The summed E-state index contributed by atoms with van der Waals surface area (Å²) in [5.41, 5.74) is 2.54. The van der Waals surface area contributed by atoms with Gasteiger partial charge in [-0.1, -0.05) is 42.1 Å². The molecule has 7 heteroatoms. The molecule has 0 fully saturated rings. The summed E-state index contributed by atoms with van der Waals surface area (Å²) in [6, 6.07) is 15.0. The number of amides is 2. The van der Waals surface area contributed by atoms with E-state index >= 15 is 0 Å². The number of nitrogens with one attached hydrogen (secondary N) is 2. The van der Waals surface area contributed by atoms with Crippen molar-refractivity contribution in [1.29, 1.82) is 0 Å². The van der Waals surface area contributed by atoms with Gasteiger partial charge in [0.25, 0.3) is 0 Å². The number of hydrogen-bond acceptors (Lipinski definition) is 5. The zero-order valence-corrected chi connectivity index (χ0v) is 15.2. The molecular formula is C18H17N3O2S2. The largest absolute Gasteiger partial charge is 0.347 e. The number of rotatable bonds is 6. The zero-order valence-electron chi connectivity index (χ0n) is 13.6. The van der Waals surface area contributed by atoms with Crippen LogP contribution in [0.4, 0.5) is 5.69 Å². The van der Waals surface area contributed by atoms with Crippen molar-refractivity contribution in [3.63, 3.8) is 0 Å². The lowest BCUT2D eigenvalue weighted by Crippen LogP contribution is -2.33. The van der Waals surface area contributed by atoms with Gasteiger partial charge < -0.3 is 10.6 Å². The van der Waals surface area contributed by atoms with E-state index in [1.165, 1.54) is 0 Å². The summed E-state index contributed by atoms with van der Waals surface area (Å²) in [6.07, 6.45) is 2.25. The average molecular weight is 371 g/mol. The van der Waals surface area contributed by atoms with Crippen LogP contribution in [0.3, 0.4) is 0 Å². The summed E-state index contributed by atoms with van der Waals surface area (Å²) >= 11 is 3.19. The van der Waals surface area contributed by atoms with Gasteiger partial charge in [-0.25, -0.2) is 4.98 Å². The van der Waals surface area contributed by atoms with Crippen LogP contribution in [0.25, 0.3) is 10.2 Å². The minimum Gasteiger partial charge on any atom is -0.347 e. The Hall–Kier alpha value is -2.38. The van der Waals surface area contributed by atoms with Crippen LogP contribution in [0.5, 0.6) is 0 Å². The molecule has 0 radical (unpaired) electrons. The second kappa shape index (κ2) is 8.13. The third-order valence-electron chi connectivity index (χ3n) is 3.48. The first kappa shape index (κ1) is 17.4. The maximum Gasteiger partial charge on any atom is 0.243 e. The van der Waals surface area contributed by atoms with Crippen LogP contribution >= 0.6 is 23.1 Å². The van der Waals surface area contributed by atoms with Crippen molar-refractivity contribution in [3.8, 4) is 0 Å². The fourth-order valence-corrected chi connectivity index (χ4v) is 3.82. The van der Waals surface area contributed by atoms with Gasteiger partial charge in [0, 0.05) is 5.69 Å². The van der Waals surface area contributed by atoms with Gasteiger partial charge in [-0.3, -0.25) is 9.59 Å². The SMILES string of the molecule is CSc1nc2ccc(NC(=O)CNC(=O)Cc3ccccc3)cc2s1. The van der Waals surface area contributed by atoms with E-state index in [-0.39, 0.29) is 24.8 Å². The Bertz CT molecular complexity index is 894. The highest BCUT2D eigenvalue weighted by Crippen LogP contribution is 2.29. The maximum atomic E-state index is 12.0. The molecule has 128 valence electrons. The first-order valence-corrected chi connectivity index (χ1v) is 9.73. The van der Waals surface area contributed by atoms with Crippen LogP contribution in [0.15, 0.2) is 52.9 Å². The van der Waals surface area contributed by atoms with Crippen molar-refractivity contribution in [2.24, 2.45) is 0 Å². The van der Waals surface area contributed by atoms with Crippen LogP contribution in [0.1, 0.15) is 5.56 Å². The van der Waals surface area contributed by atoms with E-state index in [4.69, 9.17) is 0 Å². The van der Waals surface area contributed by atoms with Gasteiger partial charge in [0.05, 0.1) is 23.2 Å². The molecule has 0 aliphatic heterocycles. The van der Waals surface area contributed by atoms with Gasteiger partial charge in [-0.15, -0.1) is 11.3 Å². The Morgan fingerprint density at radius 3 is 2.68 bits per heavy atom. The van der Waals surface area contributed by atoms with E-state index in [0.29, 0.717) is 5.69 Å². The number of hydrogen-bond donors (Lipinski definition) is 2. The van der Waals surface area contributed by atoms with Gasteiger partial charge in [-0.2, -0.15) is 0 Å². The number of nitrogens with zero attached hydrogens (tertiary/aromatic N) is 1. The van der Waals surface area contributed by atoms with Crippen molar-refractivity contribution < 1.29 is 9.59 Å². The molecule has 2 aromatic carbocycles. The fraction of sp³-hybridized carbons (Fsp3) is 0.167. The topological polar surface area (TPSA) is 71.1 Å². The Morgan fingerprint density at radius 2 is 1.92 bits per heavy atom. The van der Waals surface area contributed by atoms with Crippen LogP contribution < -0.4 is 10.6 Å². The van der Waals surface area contributed by atoms with E-state index in [1.54, 1.807) is 23.1 Å². The lowest BCUT2D eigenvalue weighted by Gasteiger charge is -2.07. The number of thioether (sulfide) groups is 1. The molecule has 2 N–H and O–H groups in total. The highest BCUT2D eigenvalue weighted by atomic mass is 32.2. The van der Waals surface area contributed by atoms with E-state index in [9.17, 15) is 9.59 Å². The van der Waals surface area contributed by atoms with Gasteiger partial charge in [0.2, 0.25) is 11.8 Å². The Morgan fingerprint density at radius 1 is 1.12 bits per heavy atom. The van der Waals surface area contributed by atoms with E-state index in [2.05, 4.69) is 15.6 Å². The van der Waals surface area contributed by atoms with Crippen molar-refractivity contribution in [2.45, 2.75) is 10.8 Å². The van der Waals surface area contributed by atoms with Crippen LogP contribution in [-0.2, 0) is 16.0 Å². The standard InChI is InChI=1S/C18H17N3O2S2/c1-24-18-21-14-8-7-13(10-15(14)25-18)20-17(23)11-19-16(22)9-12-5-3-2-4-6-12/h2-8,10H,9,11H2,1H3,(H,19,22)(H,20,23). The summed E-state index contributed by atoms with van der Waals surface area (Å²) in [5, 5.41) is 5.44. The molecular weight excluding hydrogens is 354 g/mol. The van der Waals surface area contributed by atoms with E-state index < -0.39 is 0 Å². The number of thiazole rings is 1. The maximum absolute atomic E-state index is 12.0. The molecule has 0 saturated carbocycles. The molecule has 0 aliphatic rings. The number of benzene rings is 2. The number of fused-ring (bicyclic) bond motifs is 1. The first-order valence-electron chi connectivity index (χ1n) is 7.69. The molecule has 5 nitrogen and oxygen atoms in total. The second-order valence-corrected chi connectivity index (χ2v) is 7.44. The van der Waals surface area contributed by atoms with E-state index in [1.807, 2.05) is 54.8 Å². The minimum atomic E-state index is -0.254. The minimum absolute atomic E-state index is 0.0531. The molecule has 3 aromatic rings. The van der Waals surface area contributed by atoms with Gasteiger partial charge in [0.15, 0.2) is 4.34 Å². The second-order valence-electron chi connectivity index (χ2n) is 5.35. The molecule has 2 amide bonds. The molecule has 3 rings (SSSR count). The van der Waals surface area contributed by atoms with Gasteiger partial charge in [0.1, 0.15) is 0 Å². The summed E-state index contributed by atoms with van der Waals surface area (Å²) in [4.78, 5) is 28.4. The summed E-state index contributed by atoms with van der Waals surface area (Å²) in [6.45, 7) is -0.0531. The molecule has 0 bridgehead atoms. The van der Waals surface area contributed by atoms with Crippen LogP contribution in [-0.4, -0.2) is 29.6 Å². The monoisotopic (exact) mass is 371 g/mol. The predicted octanol–water partition coefficient (Wildman–Crippen LogP) is 3.32. The van der Waals surface area contributed by atoms with Crippen molar-refractivity contribution in [2.75, 3.05) is 18.1 Å². The number of carbonyl (C=O) groups excluding carboxylic acids is 2. The molecule has 25 heavy (non-hydrogen) atoms. The average Bonchev–Trinajstić information content (AvgIpc) is 3.03. The number of carbonyl (C=O) groups is 2. The van der Waals surface area contributed by atoms with Crippen LogP contribution in [0.2, 0.25) is 0 Å². The first-order chi connectivity index (χ1) is 12.1. The smallest absolute Gasteiger partial charge is 0.243 e. The zero-order chi connectivity index (χ0) is 17.6. The third-order valence-corrected chi connectivity index (χ3v) is 5.48. The van der Waals surface area contributed by atoms with Gasteiger partial charge >= 0.3 is 0 Å². The Labute approximate surface area is 153 Å². The fourth-order valence-electron chi connectivity index (χ4n) is 2.30. The van der Waals surface area contributed by atoms with Crippen molar-refractivity contribution in [1.82, 2.24) is 10.3 Å². The Balaban J connectivity index is 1.52. The molecule has 0 aliphatic carbocycles. The summed E-state index contributed by atoms with van der Waals surface area (Å²) < 4.78 is 2.02. The Kier molecular flexibility index (Phi) is 5.67. The highest BCUT2D eigenvalue weighted by Gasteiger charge is 2.08.